The number of nitrogens with zero attached hydrogens (tertiary/aromatic N) is 4. The third kappa shape index (κ3) is 7.01. The molecule has 0 saturated carbocycles. The summed E-state index contributed by atoms with van der Waals surface area (Å²) >= 11 is 0. The van der Waals surface area contributed by atoms with E-state index in [0.717, 1.165) is 11.1 Å². The van der Waals surface area contributed by atoms with Crippen LogP contribution in [-0.2, 0) is 34.5 Å². The highest BCUT2D eigenvalue weighted by molar-refractivity contribution is 7.51. The van der Waals surface area contributed by atoms with E-state index in [1.165, 1.54) is 24.9 Å². The number of hydrogen-bond acceptors (Lipinski definition) is 13. The van der Waals surface area contributed by atoms with E-state index in [2.05, 4.69) is 20.0 Å². The van der Waals surface area contributed by atoms with Crippen molar-refractivity contribution in [2.45, 2.75) is 71.0 Å². The van der Waals surface area contributed by atoms with Crippen molar-refractivity contribution in [1.29, 1.82) is 0 Å². The standard InChI is InChI=1S/C25H35N6O9P/c1-13(2)39-24(34)15(4)30-41(35,37-10-16-9-7-6-8-14(16)3)38-11-17-19(32)20(33)23(40-17)31-12-27-18-21(31)28-25(26)29-22(18)36-5/h6-9,12-13,15,17,19-20,23,32-33H,10-11H2,1-5H3,(H,30,35)(H2,26,28,29)/t15-,17?,19?,20?,23?,41+/m0/s1. The molecule has 1 aliphatic rings. The van der Waals surface area contributed by atoms with Crippen molar-refractivity contribution >= 4 is 30.8 Å². The molecule has 4 rings (SSSR count). The predicted octanol–water partition coefficient (Wildman–Crippen LogP) is 1.62. The Bertz CT molecular complexity index is 1420. The molecule has 4 unspecified atom stereocenters. The number of aliphatic hydroxyl groups excluding tert-OH is 2. The van der Waals surface area contributed by atoms with Gasteiger partial charge in [0, 0.05) is 0 Å². The highest BCUT2D eigenvalue weighted by atomic mass is 31.2. The SMILES string of the molecule is COc1nc(N)nc2c1ncn2C1OC(CO[P@@](=O)(N[C@@H](C)C(=O)OC(C)C)OCc2ccccc2C)C(O)C1O. The number of aryl methyl sites for hydroxylation is 1. The number of carbonyl (C=O) groups is 1. The Morgan fingerprint density at radius 3 is 2.61 bits per heavy atom. The van der Waals surface area contributed by atoms with Gasteiger partial charge in [0.25, 0.3) is 0 Å². The van der Waals surface area contributed by atoms with Gasteiger partial charge in [0.1, 0.15) is 24.4 Å². The molecule has 1 saturated heterocycles. The van der Waals surface area contributed by atoms with E-state index in [1.54, 1.807) is 13.8 Å². The van der Waals surface area contributed by atoms with Gasteiger partial charge >= 0.3 is 13.7 Å². The number of rotatable bonds is 12. The summed E-state index contributed by atoms with van der Waals surface area (Å²) in [7, 11) is -2.79. The first kappa shape index (κ1) is 30.8. The Morgan fingerprint density at radius 1 is 1.20 bits per heavy atom. The van der Waals surface area contributed by atoms with Crippen LogP contribution in [-0.4, -0.2) is 79.9 Å². The number of esters is 1. The Kier molecular flexibility index (Phi) is 9.59. The third-order valence-corrected chi connectivity index (χ3v) is 7.99. The van der Waals surface area contributed by atoms with E-state index in [1.807, 2.05) is 31.2 Å². The maximum atomic E-state index is 13.8. The summed E-state index contributed by atoms with van der Waals surface area (Å²) in [5.74, 6) is -0.617. The van der Waals surface area contributed by atoms with E-state index in [0.29, 0.717) is 0 Å². The molecule has 0 aliphatic carbocycles. The van der Waals surface area contributed by atoms with E-state index in [9.17, 15) is 19.6 Å². The number of hydrogen-bond donors (Lipinski definition) is 4. The number of ether oxygens (including phenoxy) is 3. The summed E-state index contributed by atoms with van der Waals surface area (Å²) in [6, 6.07) is 6.30. The van der Waals surface area contributed by atoms with E-state index in [-0.39, 0.29) is 35.7 Å². The molecule has 6 atom stereocenters. The first-order valence-corrected chi connectivity index (χ1v) is 14.4. The number of nitrogens with two attached hydrogens (primary N) is 1. The minimum Gasteiger partial charge on any atom is -0.479 e. The maximum absolute atomic E-state index is 13.8. The van der Waals surface area contributed by atoms with Crippen molar-refractivity contribution in [2.24, 2.45) is 0 Å². The second kappa shape index (κ2) is 12.8. The largest absolute Gasteiger partial charge is 0.479 e. The van der Waals surface area contributed by atoms with Gasteiger partial charge in [0.15, 0.2) is 17.4 Å². The van der Waals surface area contributed by atoms with Gasteiger partial charge < -0.3 is 30.2 Å². The topological polar surface area (TPSA) is 202 Å². The molecule has 0 bridgehead atoms. The van der Waals surface area contributed by atoms with E-state index < -0.39 is 50.9 Å². The molecular weight excluding hydrogens is 559 g/mol. The number of fused-ring (bicyclic) bond motifs is 1. The molecule has 3 aromatic rings. The van der Waals surface area contributed by atoms with Crippen LogP contribution in [0.1, 0.15) is 38.1 Å². The molecule has 1 aromatic carbocycles. The number of carbonyl (C=O) groups excluding carboxylic acids is 1. The van der Waals surface area contributed by atoms with Crippen LogP contribution in [0.2, 0.25) is 0 Å². The Labute approximate surface area is 236 Å². The van der Waals surface area contributed by atoms with Crippen LogP contribution >= 0.6 is 7.75 Å². The first-order valence-electron chi connectivity index (χ1n) is 12.9. The molecule has 15 nitrogen and oxygen atoms in total. The molecule has 224 valence electrons. The summed E-state index contributed by atoms with van der Waals surface area (Å²) in [6.07, 6.45) is -4.24. The van der Waals surface area contributed by atoms with Crippen molar-refractivity contribution in [3.63, 3.8) is 0 Å². The number of aliphatic hydroxyl groups is 2. The lowest BCUT2D eigenvalue weighted by molar-refractivity contribution is -0.149. The quantitative estimate of drug-likeness (QED) is 0.174. The Hall–Kier alpha value is -3.17. The molecule has 41 heavy (non-hydrogen) atoms. The van der Waals surface area contributed by atoms with E-state index in [4.69, 9.17) is 29.0 Å². The molecule has 1 aliphatic heterocycles. The molecule has 0 amide bonds. The number of methoxy groups -OCH3 is 1. The van der Waals surface area contributed by atoms with Crippen molar-refractivity contribution in [1.82, 2.24) is 24.6 Å². The van der Waals surface area contributed by atoms with E-state index >= 15 is 0 Å². The zero-order chi connectivity index (χ0) is 29.9. The van der Waals surface area contributed by atoms with Crippen molar-refractivity contribution in [2.75, 3.05) is 19.5 Å². The number of imidazole rings is 1. The number of benzene rings is 1. The van der Waals surface area contributed by atoms with Crippen LogP contribution in [0.3, 0.4) is 0 Å². The molecule has 3 heterocycles. The lowest BCUT2D eigenvalue weighted by Crippen LogP contribution is -2.37. The van der Waals surface area contributed by atoms with Gasteiger partial charge in [-0.3, -0.25) is 18.4 Å². The van der Waals surface area contributed by atoms with Crippen LogP contribution in [0.4, 0.5) is 5.95 Å². The molecule has 0 radical (unpaired) electrons. The highest BCUT2D eigenvalue weighted by Gasteiger charge is 2.46. The Balaban J connectivity index is 1.51. The third-order valence-electron chi connectivity index (χ3n) is 6.33. The summed E-state index contributed by atoms with van der Waals surface area (Å²) in [5.41, 5.74) is 7.92. The molecule has 0 spiro atoms. The van der Waals surface area contributed by atoms with Gasteiger partial charge in [-0.1, -0.05) is 24.3 Å². The van der Waals surface area contributed by atoms with Crippen molar-refractivity contribution in [3.05, 3.63) is 41.7 Å². The fourth-order valence-corrected chi connectivity index (χ4v) is 5.62. The lowest BCUT2D eigenvalue weighted by Gasteiger charge is -2.25. The van der Waals surface area contributed by atoms with Gasteiger partial charge in [-0.25, -0.2) is 14.6 Å². The average Bonchev–Trinajstić information content (AvgIpc) is 3.46. The summed E-state index contributed by atoms with van der Waals surface area (Å²) in [4.78, 5) is 24.8. The van der Waals surface area contributed by atoms with Crippen LogP contribution in [0, 0.1) is 6.92 Å². The fraction of sp³-hybridized carbons (Fsp3) is 0.520. The number of aromatic nitrogens is 4. The number of nitrogens with one attached hydrogen (secondary N) is 1. The minimum atomic E-state index is -4.19. The summed E-state index contributed by atoms with van der Waals surface area (Å²) < 4.78 is 42.8. The predicted molar refractivity (Wildman–Crippen MR) is 146 cm³/mol. The normalized spacial score (nSPS) is 23.0. The first-order chi connectivity index (χ1) is 19.4. The number of anilines is 1. The molecule has 1 fully saturated rings. The van der Waals surface area contributed by atoms with Gasteiger partial charge in [0.2, 0.25) is 11.8 Å². The Morgan fingerprint density at radius 2 is 1.93 bits per heavy atom. The summed E-state index contributed by atoms with van der Waals surface area (Å²) in [5, 5.41) is 24.2. The van der Waals surface area contributed by atoms with Crippen LogP contribution in [0.25, 0.3) is 11.2 Å². The van der Waals surface area contributed by atoms with Crippen LogP contribution < -0.4 is 15.6 Å². The molecule has 16 heteroatoms. The lowest BCUT2D eigenvalue weighted by atomic mass is 10.1. The molecule has 2 aromatic heterocycles. The second-order valence-corrected chi connectivity index (χ2v) is 11.6. The molecular formula is C25H35N6O9P. The fourth-order valence-electron chi connectivity index (χ4n) is 4.17. The minimum absolute atomic E-state index is 0.0908. The van der Waals surface area contributed by atoms with Gasteiger partial charge in [-0.2, -0.15) is 9.97 Å². The highest BCUT2D eigenvalue weighted by Crippen LogP contribution is 2.46. The molecule has 5 N–H and O–H groups in total. The van der Waals surface area contributed by atoms with Gasteiger partial charge in [0.05, 0.1) is 32.8 Å². The monoisotopic (exact) mass is 594 g/mol. The maximum Gasteiger partial charge on any atom is 0.406 e. The average molecular weight is 595 g/mol. The van der Waals surface area contributed by atoms with Gasteiger partial charge in [-0.05, 0) is 38.8 Å². The zero-order valence-corrected chi connectivity index (χ0v) is 24.2. The van der Waals surface area contributed by atoms with Gasteiger partial charge in [-0.15, -0.1) is 0 Å². The van der Waals surface area contributed by atoms with Crippen LogP contribution in [0.15, 0.2) is 30.6 Å². The second-order valence-electron chi connectivity index (χ2n) is 9.79. The zero-order valence-electron chi connectivity index (χ0n) is 23.3. The smallest absolute Gasteiger partial charge is 0.406 e. The summed E-state index contributed by atoms with van der Waals surface area (Å²) in [6.45, 7) is 6.16. The van der Waals surface area contributed by atoms with Crippen molar-refractivity contribution in [3.8, 4) is 5.88 Å². The van der Waals surface area contributed by atoms with Crippen molar-refractivity contribution < 1.29 is 42.8 Å². The number of nitrogen functional groups attached to an aromatic ring is 1. The van der Waals surface area contributed by atoms with Crippen LogP contribution in [0.5, 0.6) is 5.88 Å².